The molecule has 1 heterocycles. The van der Waals surface area contributed by atoms with E-state index >= 15 is 0 Å². The molecule has 0 aromatic heterocycles. The standard InChI is InChI=1S/C17H25N3O.C2H2O4/c21-17(12-18-15-8-9-15)19-16-6-4-14(5-7-16)13-20-10-2-1-3-11-20;3-1(4)2(5)6/h4-7,15,18H,1-3,8-13H2,(H,19,21);(H,3,4)(H,5,6). The van der Waals surface area contributed by atoms with Gasteiger partial charge in [0.25, 0.3) is 0 Å². The van der Waals surface area contributed by atoms with Gasteiger partial charge in [-0.1, -0.05) is 18.6 Å². The van der Waals surface area contributed by atoms with Crippen LogP contribution in [0.15, 0.2) is 24.3 Å². The molecule has 1 aromatic carbocycles. The van der Waals surface area contributed by atoms with E-state index in [1.54, 1.807) is 0 Å². The number of piperidine rings is 1. The Labute approximate surface area is 158 Å². The number of benzene rings is 1. The number of aliphatic carboxylic acids is 2. The average molecular weight is 377 g/mol. The first-order chi connectivity index (χ1) is 12.9. The Morgan fingerprint density at radius 3 is 2.07 bits per heavy atom. The molecule has 8 nitrogen and oxygen atoms in total. The van der Waals surface area contributed by atoms with Gasteiger partial charge in [-0.15, -0.1) is 0 Å². The highest BCUT2D eigenvalue weighted by molar-refractivity contribution is 6.27. The second kappa shape index (κ2) is 10.6. The number of anilines is 1. The van der Waals surface area contributed by atoms with Gasteiger partial charge < -0.3 is 20.8 Å². The van der Waals surface area contributed by atoms with Crippen molar-refractivity contribution >= 4 is 23.5 Å². The lowest BCUT2D eigenvalue weighted by molar-refractivity contribution is -0.159. The molecule has 1 saturated heterocycles. The van der Waals surface area contributed by atoms with Crippen LogP contribution in [0.5, 0.6) is 0 Å². The summed E-state index contributed by atoms with van der Waals surface area (Å²) in [6, 6.07) is 8.84. The quantitative estimate of drug-likeness (QED) is 0.555. The topological polar surface area (TPSA) is 119 Å². The van der Waals surface area contributed by atoms with Crippen LogP contribution in [0.1, 0.15) is 37.7 Å². The van der Waals surface area contributed by atoms with Crippen LogP contribution in [-0.4, -0.2) is 58.6 Å². The fourth-order valence-corrected chi connectivity index (χ4v) is 2.80. The van der Waals surface area contributed by atoms with Crippen molar-refractivity contribution in [3.63, 3.8) is 0 Å². The second-order valence-corrected chi connectivity index (χ2v) is 6.85. The van der Waals surface area contributed by atoms with Crippen molar-refractivity contribution in [2.45, 2.75) is 44.7 Å². The van der Waals surface area contributed by atoms with E-state index in [2.05, 4.69) is 27.7 Å². The molecule has 1 aliphatic heterocycles. The van der Waals surface area contributed by atoms with Gasteiger partial charge in [0.15, 0.2) is 0 Å². The molecular weight excluding hydrogens is 350 g/mol. The van der Waals surface area contributed by atoms with Gasteiger partial charge in [0.2, 0.25) is 5.91 Å². The minimum absolute atomic E-state index is 0.0469. The lowest BCUT2D eigenvalue weighted by Gasteiger charge is -2.26. The molecule has 3 rings (SSSR count). The van der Waals surface area contributed by atoms with E-state index in [0.717, 1.165) is 12.2 Å². The zero-order valence-electron chi connectivity index (χ0n) is 15.3. The molecule has 1 aromatic rings. The highest BCUT2D eigenvalue weighted by atomic mass is 16.4. The van der Waals surface area contributed by atoms with E-state index in [4.69, 9.17) is 19.8 Å². The molecule has 0 atom stereocenters. The van der Waals surface area contributed by atoms with Gasteiger partial charge in [-0.25, -0.2) is 9.59 Å². The summed E-state index contributed by atoms with van der Waals surface area (Å²) in [4.78, 5) is 32.5. The van der Waals surface area contributed by atoms with Gasteiger partial charge >= 0.3 is 11.9 Å². The number of hydrogen-bond donors (Lipinski definition) is 4. The fourth-order valence-electron chi connectivity index (χ4n) is 2.80. The van der Waals surface area contributed by atoms with Crippen LogP contribution in [-0.2, 0) is 20.9 Å². The summed E-state index contributed by atoms with van der Waals surface area (Å²) < 4.78 is 0. The minimum Gasteiger partial charge on any atom is -0.473 e. The second-order valence-electron chi connectivity index (χ2n) is 6.85. The van der Waals surface area contributed by atoms with Crippen LogP contribution in [0.4, 0.5) is 5.69 Å². The molecule has 0 radical (unpaired) electrons. The van der Waals surface area contributed by atoms with E-state index in [1.807, 2.05) is 12.1 Å². The van der Waals surface area contributed by atoms with E-state index in [-0.39, 0.29) is 5.91 Å². The van der Waals surface area contributed by atoms with Crippen LogP contribution in [0.3, 0.4) is 0 Å². The molecule has 27 heavy (non-hydrogen) atoms. The van der Waals surface area contributed by atoms with Gasteiger partial charge in [-0.2, -0.15) is 0 Å². The molecule has 0 bridgehead atoms. The largest absolute Gasteiger partial charge is 0.473 e. The number of likely N-dealkylation sites (tertiary alicyclic amines) is 1. The highest BCUT2D eigenvalue weighted by Crippen LogP contribution is 2.18. The van der Waals surface area contributed by atoms with Crippen LogP contribution in [0.2, 0.25) is 0 Å². The first kappa shape index (κ1) is 20.9. The number of hydrogen-bond acceptors (Lipinski definition) is 5. The van der Waals surface area contributed by atoms with Crippen molar-refractivity contribution in [1.82, 2.24) is 10.2 Å². The van der Waals surface area contributed by atoms with E-state index in [9.17, 15) is 4.79 Å². The Bertz CT molecular complexity index is 625. The summed E-state index contributed by atoms with van der Waals surface area (Å²) in [6.45, 7) is 3.87. The van der Waals surface area contributed by atoms with Gasteiger partial charge in [0.1, 0.15) is 0 Å². The fraction of sp³-hybridized carbons (Fsp3) is 0.526. The Kier molecular flexibility index (Phi) is 8.22. The molecule has 1 aliphatic carbocycles. The van der Waals surface area contributed by atoms with Crippen molar-refractivity contribution < 1.29 is 24.6 Å². The average Bonchev–Trinajstić information content (AvgIpc) is 3.47. The van der Waals surface area contributed by atoms with E-state index in [0.29, 0.717) is 12.6 Å². The summed E-state index contributed by atoms with van der Waals surface area (Å²) in [6.07, 6.45) is 6.43. The molecule has 1 saturated carbocycles. The molecule has 2 fully saturated rings. The Hall–Kier alpha value is -2.45. The maximum Gasteiger partial charge on any atom is 0.414 e. The molecule has 1 amide bonds. The maximum atomic E-state index is 11.8. The third-order valence-electron chi connectivity index (χ3n) is 4.40. The Morgan fingerprint density at radius 1 is 0.963 bits per heavy atom. The summed E-state index contributed by atoms with van der Waals surface area (Å²) in [5.74, 6) is -3.60. The molecule has 8 heteroatoms. The third kappa shape index (κ3) is 8.65. The molecule has 148 valence electrons. The number of carboxylic acids is 2. The minimum atomic E-state index is -1.82. The van der Waals surface area contributed by atoms with E-state index in [1.165, 1.54) is 50.8 Å². The van der Waals surface area contributed by atoms with Gasteiger partial charge in [0.05, 0.1) is 6.54 Å². The first-order valence-electron chi connectivity index (χ1n) is 9.25. The number of carbonyl (C=O) groups excluding carboxylic acids is 1. The molecule has 0 unspecified atom stereocenters. The Morgan fingerprint density at radius 2 is 1.56 bits per heavy atom. The Balaban J connectivity index is 0.000000380. The summed E-state index contributed by atoms with van der Waals surface area (Å²) in [7, 11) is 0. The predicted molar refractivity (Wildman–Crippen MR) is 100 cm³/mol. The SMILES string of the molecule is O=C(CNC1CC1)Nc1ccc(CN2CCCCC2)cc1.O=C(O)C(=O)O. The number of rotatable bonds is 6. The third-order valence-corrected chi connectivity index (χ3v) is 4.40. The lowest BCUT2D eigenvalue weighted by Crippen LogP contribution is -2.29. The van der Waals surface area contributed by atoms with Gasteiger partial charge in [-0.05, 0) is 56.5 Å². The van der Waals surface area contributed by atoms with Crippen molar-refractivity contribution in [3.05, 3.63) is 29.8 Å². The molecule has 0 spiro atoms. The summed E-state index contributed by atoms with van der Waals surface area (Å²) >= 11 is 0. The normalized spacial score (nSPS) is 16.7. The lowest BCUT2D eigenvalue weighted by atomic mass is 10.1. The molecule has 4 N–H and O–H groups in total. The molecule has 2 aliphatic rings. The monoisotopic (exact) mass is 377 g/mol. The first-order valence-corrected chi connectivity index (χ1v) is 9.25. The zero-order chi connectivity index (χ0) is 19.6. The predicted octanol–water partition coefficient (Wildman–Crippen LogP) is 1.52. The van der Waals surface area contributed by atoms with Crippen molar-refractivity contribution in [2.75, 3.05) is 25.0 Å². The van der Waals surface area contributed by atoms with Crippen molar-refractivity contribution in [3.8, 4) is 0 Å². The van der Waals surface area contributed by atoms with Gasteiger partial charge in [0, 0.05) is 18.3 Å². The number of carbonyl (C=O) groups is 3. The van der Waals surface area contributed by atoms with Crippen molar-refractivity contribution in [1.29, 1.82) is 0 Å². The van der Waals surface area contributed by atoms with Crippen LogP contribution >= 0.6 is 0 Å². The smallest absolute Gasteiger partial charge is 0.414 e. The maximum absolute atomic E-state index is 11.8. The van der Waals surface area contributed by atoms with Crippen LogP contribution in [0, 0.1) is 0 Å². The highest BCUT2D eigenvalue weighted by Gasteiger charge is 2.21. The van der Waals surface area contributed by atoms with Crippen LogP contribution < -0.4 is 10.6 Å². The van der Waals surface area contributed by atoms with Crippen LogP contribution in [0.25, 0.3) is 0 Å². The zero-order valence-corrected chi connectivity index (χ0v) is 15.3. The van der Waals surface area contributed by atoms with Crippen molar-refractivity contribution in [2.24, 2.45) is 0 Å². The summed E-state index contributed by atoms with van der Waals surface area (Å²) in [5.41, 5.74) is 2.21. The number of amides is 1. The number of carboxylic acid groups (broad SMARTS) is 2. The van der Waals surface area contributed by atoms with Gasteiger partial charge in [-0.3, -0.25) is 9.69 Å². The molecular formula is C19H27N3O5. The number of nitrogens with zero attached hydrogens (tertiary/aromatic N) is 1. The van der Waals surface area contributed by atoms with E-state index < -0.39 is 11.9 Å². The summed E-state index contributed by atoms with van der Waals surface area (Å²) in [5, 5.41) is 20.9. The number of nitrogens with one attached hydrogen (secondary N) is 2.